The highest BCUT2D eigenvalue weighted by atomic mass is 16.7. The van der Waals surface area contributed by atoms with E-state index in [1.54, 1.807) is 0 Å². The third kappa shape index (κ3) is 2.47. The van der Waals surface area contributed by atoms with Crippen molar-refractivity contribution in [3.05, 3.63) is 77.4 Å². The second kappa shape index (κ2) is 5.51. The van der Waals surface area contributed by atoms with Gasteiger partial charge in [0.25, 0.3) is 0 Å². The van der Waals surface area contributed by atoms with E-state index in [0.29, 0.717) is 6.04 Å². The third-order valence-electron chi connectivity index (χ3n) is 3.84. The van der Waals surface area contributed by atoms with Gasteiger partial charge in [0.15, 0.2) is 5.76 Å². The molecule has 0 aliphatic carbocycles. The number of nitrogens with zero attached hydrogens (tertiary/aromatic N) is 1. The Morgan fingerprint density at radius 2 is 1.55 bits per heavy atom. The molecule has 1 aliphatic rings. The Morgan fingerprint density at radius 1 is 0.950 bits per heavy atom. The van der Waals surface area contributed by atoms with Gasteiger partial charge >= 0.3 is 0 Å². The molecule has 2 heteroatoms. The van der Waals surface area contributed by atoms with Crippen LogP contribution in [-0.2, 0) is 11.3 Å². The van der Waals surface area contributed by atoms with Crippen LogP contribution >= 0.6 is 0 Å². The minimum atomic E-state index is 0.299. The van der Waals surface area contributed by atoms with E-state index in [1.807, 2.05) is 30.3 Å². The van der Waals surface area contributed by atoms with Crippen LogP contribution < -0.4 is 0 Å². The van der Waals surface area contributed by atoms with Crippen molar-refractivity contribution < 1.29 is 4.84 Å². The zero-order valence-electron chi connectivity index (χ0n) is 11.9. The molecule has 0 saturated carbocycles. The zero-order chi connectivity index (χ0) is 13.9. The number of hydrogen-bond donors (Lipinski definition) is 0. The van der Waals surface area contributed by atoms with Gasteiger partial charge < -0.3 is 4.84 Å². The number of hydroxylamine groups is 2. The molecular formula is C18H19NO. The van der Waals surface area contributed by atoms with E-state index in [2.05, 4.69) is 49.4 Å². The third-order valence-corrected chi connectivity index (χ3v) is 3.84. The topological polar surface area (TPSA) is 12.5 Å². The molecule has 2 aromatic carbocycles. The van der Waals surface area contributed by atoms with Crippen LogP contribution in [0.2, 0.25) is 0 Å². The molecule has 0 radical (unpaired) electrons. The van der Waals surface area contributed by atoms with Gasteiger partial charge in [0.1, 0.15) is 0 Å². The number of likely N-dealkylation sites (N-methyl/N-ethyl adjacent to an activating group) is 1. The first-order chi connectivity index (χ1) is 9.75. The van der Waals surface area contributed by atoms with Crippen LogP contribution in [0.5, 0.6) is 0 Å². The summed E-state index contributed by atoms with van der Waals surface area (Å²) in [4.78, 5) is 5.96. The van der Waals surface area contributed by atoms with Gasteiger partial charge in [0.2, 0.25) is 0 Å². The Morgan fingerprint density at radius 3 is 2.20 bits per heavy atom. The van der Waals surface area contributed by atoms with Crippen molar-refractivity contribution in [1.82, 2.24) is 5.06 Å². The fourth-order valence-corrected chi connectivity index (χ4v) is 2.69. The summed E-state index contributed by atoms with van der Waals surface area (Å²) >= 11 is 0. The quantitative estimate of drug-likeness (QED) is 0.834. The first-order valence-corrected chi connectivity index (χ1v) is 6.96. The van der Waals surface area contributed by atoms with Gasteiger partial charge in [-0.1, -0.05) is 60.7 Å². The van der Waals surface area contributed by atoms with E-state index in [9.17, 15) is 0 Å². The SMILES string of the molecule is CC1=C(c2ccccc2)ON(C)C1Cc1ccccc1. The highest BCUT2D eigenvalue weighted by molar-refractivity contribution is 5.65. The molecule has 1 unspecified atom stereocenters. The average Bonchev–Trinajstić information content (AvgIpc) is 2.77. The van der Waals surface area contributed by atoms with E-state index < -0.39 is 0 Å². The Hall–Kier alpha value is -2.06. The standard InChI is InChI=1S/C18H19NO/c1-14-17(13-15-9-5-3-6-10-15)19(2)20-18(14)16-11-7-4-8-12-16/h3-12,17H,13H2,1-2H3. The van der Waals surface area contributed by atoms with Crippen LogP contribution in [0, 0.1) is 0 Å². The van der Waals surface area contributed by atoms with Crippen molar-refractivity contribution in [1.29, 1.82) is 0 Å². The molecule has 0 fully saturated rings. The van der Waals surface area contributed by atoms with Gasteiger partial charge in [-0.05, 0) is 24.5 Å². The van der Waals surface area contributed by atoms with Crippen LogP contribution in [0.25, 0.3) is 5.76 Å². The first kappa shape index (κ1) is 12.9. The number of benzene rings is 2. The van der Waals surface area contributed by atoms with Crippen molar-refractivity contribution in [2.45, 2.75) is 19.4 Å². The summed E-state index contributed by atoms with van der Waals surface area (Å²) in [6, 6.07) is 21.2. The average molecular weight is 265 g/mol. The fraction of sp³-hybridized carbons (Fsp3) is 0.222. The molecule has 2 aromatic rings. The highest BCUT2D eigenvalue weighted by Gasteiger charge is 2.30. The summed E-state index contributed by atoms with van der Waals surface area (Å²) in [5.41, 5.74) is 3.77. The fourth-order valence-electron chi connectivity index (χ4n) is 2.69. The van der Waals surface area contributed by atoms with E-state index in [0.717, 1.165) is 17.7 Å². The van der Waals surface area contributed by atoms with Gasteiger partial charge in [-0.2, -0.15) is 0 Å². The van der Waals surface area contributed by atoms with Crippen molar-refractivity contribution in [3.63, 3.8) is 0 Å². The van der Waals surface area contributed by atoms with Crippen molar-refractivity contribution in [2.24, 2.45) is 0 Å². The molecule has 1 aliphatic heterocycles. The zero-order valence-corrected chi connectivity index (χ0v) is 11.9. The number of hydrogen-bond acceptors (Lipinski definition) is 2. The van der Waals surface area contributed by atoms with Crippen LogP contribution in [-0.4, -0.2) is 18.2 Å². The second-order valence-corrected chi connectivity index (χ2v) is 5.22. The molecule has 0 amide bonds. The lowest BCUT2D eigenvalue weighted by Gasteiger charge is -2.19. The van der Waals surface area contributed by atoms with E-state index >= 15 is 0 Å². The Balaban J connectivity index is 1.87. The summed E-state index contributed by atoms with van der Waals surface area (Å²) in [7, 11) is 2.01. The summed E-state index contributed by atoms with van der Waals surface area (Å²) < 4.78 is 0. The normalized spacial score (nSPS) is 19.2. The minimum absolute atomic E-state index is 0.299. The van der Waals surface area contributed by atoms with Gasteiger partial charge in [0, 0.05) is 12.6 Å². The maximum Gasteiger partial charge on any atom is 0.155 e. The summed E-state index contributed by atoms with van der Waals surface area (Å²) in [5.74, 6) is 0.994. The van der Waals surface area contributed by atoms with Crippen molar-refractivity contribution >= 4 is 5.76 Å². The molecule has 102 valence electrons. The van der Waals surface area contributed by atoms with Gasteiger partial charge in [0.05, 0.1) is 6.04 Å². The maximum atomic E-state index is 5.96. The molecule has 0 bridgehead atoms. The van der Waals surface area contributed by atoms with Gasteiger partial charge in [-0.3, -0.25) is 0 Å². The first-order valence-electron chi connectivity index (χ1n) is 6.96. The highest BCUT2D eigenvalue weighted by Crippen LogP contribution is 2.33. The Labute approximate surface area is 120 Å². The molecule has 0 N–H and O–H groups in total. The largest absolute Gasteiger partial charge is 0.405 e. The van der Waals surface area contributed by atoms with Crippen LogP contribution in [0.15, 0.2) is 66.2 Å². The van der Waals surface area contributed by atoms with E-state index in [1.165, 1.54) is 11.1 Å². The lowest BCUT2D eigenvalue weighted by atomic mass is 9.98. The lowest BCUT2D eigenvalue weighted by molar-refractivity contribution is -0.0658. The summed E-state index contributed by atoms with van der Waals surface area (Å²) in [6.07, 6.45) is 0.972. The molecular weight excluding hydrogens is 246 g/mol. The maximum absolute atomic E-state index is 5.96. The van der Waals surface area contributed by atoms with Crippen LogP contribution in [0.3, 0.4) is 0 Å². The molecule has 1 atom stereocenters. The summed E-state index contributed by atoms with van der Waals surface area (Å²) in [5, 5.41) is 1.96. The lowest BCUT2D eigenvalue weighted by Crippen LogP contribution is -2.28. The van der Waals surface area contributed by atoms with Crippen molar-refractivity contribution in [3.8, 4) is 0 Å². The molecule has 0 aromatic heterocycles. The smallest absolute Gasteiger partial charge is 0.155 e. The molecule has 0 saturated heterocycles. The molecule has 2 nitrogen and oxygen atoms in total. The molecule has 20 heavy (non-hydrogen) atoms. The Bertz CT molecular complexity index is 604. The predicted octanol–water partition coefficient (Wildman–Crippen LogP) is 3.91. The van der Waals surface area contributed by atoms with Gasteiger partial charge in [-0.25, -0.2) is 0 Å². The summed E-state index contributed by atoms with van der Waals surface area (Å²) in [6.45, 7) is 2.17. The second-order valence-electron chi connectivity index (χ2n) is 5.22. The van der Waals surface area contributed by atoms with E-state index in [-0.39, 0.29) is 0 Å². The van der Waals surface area contributed by atoms with Crippen LogP contribution in [0.1, 0.15) is 18.1 Å². The molecule has 0 spiro atoms. The van der Waals surface area contributed by atoms with Crippen LogP contribution in [0.4, 0.5) is 0 Å². The predicted molar refractivity (Wildman–Crippen MR) is 81.8 cm³/mol. The van der Waals surface area contributed by atoms with E-state index in [4.69, 9.17) is 4.84 Å². The monoisotopic (exact) mass is 265 g/mol. The number of rotatable bonds is 3. The van der Waals surface area contributed by atoms with Crippen molar-refractivity contribution in [2.75, 3.05) is 7.05 Å². The van der Waals surface area contributed by atoms with Gasteiger partial charge in [-0.15, -0.1) is 5.06 Å². The molecule has 1 heterocycles. The minimum Gasteiger partial charge on any atom is -0.405 e. The molecule has 3 rings (SSSR count). The Kier molecular flexibility index (Phi) is 3.57.